The van der Waals surface area contributed by atoms with Gasteiger partial charge in [0.05, 0.1) is 0 Å². The van der Waals surface area contributed by atoms with E-state index in [1.54, 1.807) is 0 Å². The smallest absolute Gasteiger partial charge is 1.00 e. The van der Waals surface area contributed by atoms with Crippen molar-refractivity contribution < 1.29 is 53.6 Å². The summed E-state index contributed by atoms with van der Waals surface area (Å²) in [6.07, 6.45) is 10.6. The maximum absolute atomic E-state index is 10.2. The van der Waals surface area contributed by atoms with Crippen LogP contribution in [0.4, 0.5) is 0 Å². The third kappa shape index (κ3) is 13.7. The SMILES string of the molecule is CCCCc1ccc(O)c(CCCC)c1CCCC.O=S(=O)(O)O.[H-].[Na+]. The van der Waals surface area contributed by atoms with Crippen LogP contribution in [0.5, 0.6) is 5.75 Å². The molecule has 25 heavy (non-hydrogen) atoms. The van der Waals surface area contributed by atoms with Gasteiger partial charge in [-0.15, -0.1) is 0 Å². The maximum Gasteiger partial charge on any atom is 1.00 e. The van der Waals surface area contributed by atoms with E-state index in [0.29, 0.717) is 5.75 Å². The molecule has 0 amide bonds. The van der Waals surface area contributed by atoms with Gasteiger partial charge in [-0.1, -0.05) is 46.1 Å². The van der Waals surface area contributed by atoms with Gasteiger partial charge in [0.25, 0.3) is 0 Å². The molecule has 0 saturated carbocycles. The van der Waals surface area contributed by atoms with Crippen molar-refractivity contribution in [3.8, 4) is 5.75 Å². The quantitative estimate of drug-likeness (QED) is 0.446. The molecule has 0 fully saturated rings. The third-order valence-corrected chi connectivity index (χ3v) is 3.86. The van der Waals surface area contributed by atoms with Crippen LogP contribution >= 0.6 is 0 Å². The van der Waals surface area contributed by atoms with E-state index in [9.17, 15) is 5.11 Å². The van der Waals surface area contributed by atoms with E-state index < -0.39 is 10.4 Å². The Hall–Kier alpha value is -0.110. The van der Waals surface area contributed by atoms with Gasteiger partial charge in [-0.25, -0.2) is 0 Å². The summed E-state index contributed by atoms with van der Waals surface area (Å²) in [6.45, 7) is 6.69. The second-order valence-electron chi connectivity index (χ2n) is 5.96. The zero-order chi connectivity index (χ0) is 18.6. The molecule has 1 rings (SSSR count). The number of aryl methyl sites for hydroxylation is 1. The average molecular weight is 385 g/mol. The van der Waals surface area contributed by atoms with Crippen LogP contribution in [-0.4, -0.2) is 22.6 Å². The number of unbranched alkanes of at least 4 members (excludes halogenated alkanes) is 3. The minimum atomic E-state index is -4.67. The van der Waals surface area contributed by atoms with Gasteiger partial charge in [0.15, 0.2) is 0 Å². The molecular formula is C18H33NaO5S. The number of benzene rings is 1. The van der Waals surface area contributed by atoms with Crippen molar-refractivity contribution in [2.45, 2.75) is 78.6 Å². The summed E-state index contributed by atoms with van der Waals surface area (Å²) in [5, 5.41) is 10.2. The summed E-state index contributed by atoms with van der Waals surface area (Å²) in [6, 6.07) is 4.05. The second kappa shape index (κ2) is 15.0. The van der Waals surface area contributed by atoms with Crippen molar-refractivity contribution in [3.05, 3.63) is 28.8 Å². The summed E-state index contributed by atoms with van der Waals surface area (Å²) < 4.78 is 31.6. The van der Waals surface area contributed by atoms with Gasteiger partial charge in [0.2, 0.25) is 0 Å². The molecule has 0 atom stereocenters. The van der Waals surface area contributed by atoms with Crippen molar-refractivity contribution in [3.63, 3.8) is 0 Å². The molecule has 0 heterocycles. The van der Waals surface area contributed by atoms with E-state index in [4.69, 9.17) is 17.5 Å². The zero-order valence-corrected chi connectivity index (χ0v) is 18.9. The van der Waals surface area contributed by atoms with Crippen LogP contribution in [0.15, 0.2) is 12.1 Å². The topological polar surface area (TPSA) is 94.8 Å². The Morgan fingerprint density at radius 1 is 0.840 bits per heavy atom. The predicted molar refractivity (Wildman–Crippen MR) is 99.2 cm³/mol. The van der Waals surface area contributed by atoms with E-state index in [2.05, 4.69) is 26.8 Å². The fourth-order valence-electron chi connectivity index (χ4n) is 2.63. The molecular weight excluding hydrogens is 351 g/mol. The van der Waals surface area contributed by atoms with E-state index in [-0.39, 0.29) is 31.0 Å². The van der Waals surface area contributed by atoms with E-state index in [1.807, 2.05) is 6.07 Å². The van der Waals surface area contributed by atoms with Gasteiger partial charge in [0, 0.05) is 0 Å². The number of phenols is 1. The van der Waals surface area contributed by atoms with Gasteiger partial charge in [-0.05, 0) is 61.3 Å². The Morgan fingerprint density at radius 3 is 1.68 bits per heavy atom. The molecule has 0 aliphatic carbocycles. The molecule has 1 aromatic carbocycles. The second-order valence-corrected chi connectivity index (χ2v) is 6.86. The van der Waals surface area contributed by atoms with Crippen molar-refractivity contribution in [1.82, 2.24) is 0 Å². The molecule has 0 spiro atoms. The molecule has 0 radical (unpaired) electrons. The molecule has 3 N–H and O–H groups in total. The molecule has 142 valence electrons. The fourth-order valence-corrected chi connectivity index (χ4v) is 2.63. The van der Waals surface area contributed by atoms with Crippen LogP contribution in [-0.2, 0) is 29.7 Å². The monoisotopic (exact) mass is 384 g/mol. The minimum Gasteiger partial charge on any atom is -1.00 e. The first kappa shape index (κ1) is 27.1. The van der Waals surface area contributed by atoms with Gasteiger partial charge >= 0.3 is 40.0 Å². The first-order valence-corrected chi connectivity index (χ1v) is 10.2. The summed E-state index contributed by atoms with van der Waals surface area (Å²) in [7, 11) is -4.67. The molecule has 5 nitrogen and oxygen atoms in total. The molecule has 0 aliphatic heterocycles. The third-order valence-electron chi connectivity index (χ3n) is 3.86. The van der Waals surface area contributed by atoms with E-state index >= 15 is 0 Å². The van der Waals surface area contributed by atoms with Crippen molar-refractivity contribution in [2.24, 2.45) is 0 Å². The van der Waals surface area contributed by atoms with Gasteiger partial charge in [-0.3, -0.25) is 9.11 Å². The number of hydrogen-bond donors (Lipinski definition) is 3. The number of aromatic hydroxyl groups is 1. The number of phenolic OH excluding ortho intramolecular Hbond substituents is 1. The van der Waals surface area contributed by atoms with Crippen LogP contribution in [0.1, 0.15) is 77.4 Å². The Labute approximate surface area is 176 Å². The van der Waals surface area contributed by atoms with Gasteiger partial charge in [-0.2, -0.15) is 8.42 Å². The van der Waals surface area contributed by atoms with Crippen LogP contribution in [0, 0.1) is 0 Å². The summed E-state index contributed by atoms with van der Waals surface area (Å²) in [4.78, 5) is 0. The van der Waals surface area contributed by atoms with Crippen molar-refractivity contribution in [2.75, 3.05) is 0 Å². The molecule has 0 aliphatic rings. The molecule has 0 unspecified atom stereocenters. The molecule has 0 bridgehead atoms. The van der Waals surface area contributed by atoms with Crippen molar-refractivity contribution >= 4 is 10.4 Å². The van der Waals surface area contributed by atoms with Crippen molar-refractivity contribution in [1.29, 1.82) is 0 Å². The molecule has 1 aromatic rings. The first-order chi connectivity index (χ1) is 11.2. The normalized spacial score (nSPS) is 10.6. The predicted octanol–water partition coefficient (Wildman–Crippen LogP) is 1.88. The van der Waals surface area contributed by atoms with Crippen LogP contribution < -0.4 is 29.6 Å². The fraction of sp³-hybridized carbons (Fsp3) is 0.667. The summed E-state index contributed by atoms with van der Waals surface area (Å²) >= 11 is 0. The maximum atomic E-state index is 10.2. The molecule has 0 saturated heterocycles. The molecule has 0 aromatic heterocycles. The minimum absolute atomic E-state index is 0. The van der Waals surface area contributed by atoms with E-state index in [0.717, 1.165) is 19.3 Å². The molecule has 7 heteroatoms. The first-order valence-electron chi connectivity index (χ1n) is 8.76. The Kier molecular flexibility index (Phi) is 16.3. The Balaban J connectivity index is -0.000000668. The summed E-state index contributed by atoms with van der Waals surface area (Å²) in [5.74, 6) is 0.514. The zero-order valence-electron chi connectivity index (χ0n) is 17.1. The van der Waals surface area contributed by atoms with Crippen LogP contribution in [0.2, 0.25) is 0 Å². The summed E-state index contributed by atoms with van der Waals surface area (Å²) in [5.41, 5.74) is 4.15. The van der Waals surface area contributed by atoms with Gasteiger partial charge < -0.3 is 6.53 Å². The van der Waals surface area contributed by atoms with Crippen LogP contribution in [0.25, 0.3) is 0 Å². The largest absolute Gasteiger partial charge is 1.00 e. The van der Waals surface area contributed by atoms with Crippen LogP contribution in [0.3, 0.4) is 0 Å². The number of rotatable bonds is 9. The van der Waals surface area contributed by atoms with Gasteiger partial charge in [0.1, 0.15) is 5.75 Å². The van der Waals surface area contributed by atoms with E-state index in [1.165, 1.54) is 55.2 Å². The average Bonchev–Trinajstić information content (AvgIpc) is 2.49. The standard InChI is InChI=1S/C18H30O.Na.H2O4S.H/c1-4-7-10-15-13-14-18(19)17(12-9-6-3)16(15)11-8-5-2;;1-5(2,3)4;/h13-14,19H,4-12H2,1-3H3;;(H2,1,2,3,4);/q;+1;;-1. The Bertz CT molecular complexity index is 571. The number of hydrogen-bond acceptors (Lipinski definition) is 3. The Morgan fingerprint density at radius 2 is 1.24 bits per heavy atom.